The van der Waals surface area contributed by atoms with Crippen molar-refractivity contribution in [2.45, 2.75) is 270 Å². The number of hydrogen-bond acceptors (Lipinski definition) is 14. The van der Waals surface area contributed by atoms with E-state index in [9.17, 15) is 43.5 Å². The third-order valence-electron chi connectivity index (χ3n) is 13.8. The maximum atomic E-state index is 12.9. The molecule has 16 nitrogen and oxygen atoms in total. The summed E-state index contributed by atoms with van der Waals surface area (Å²) in [7, 11) is -9.80. The largest absolute Gasteiger partial charge is 0.472 e. The second-order valence-corrected chi connectivity index (χ2v) is 25.5. The quantitative estimate of drug-likeness (QED) is 0.0146. The highest BCUT2D eigenvalue weighted by Crippen LogP contribution is 2.45. The Kier molecular flexibility index (Phi) is 62.6. The van der Waals surface area contributed by atoms with Crippen molar-refractivity contribution in [1.29, 1.82) is 0 Å². The number of unbranched alkanes of at least 4 members (excludes halogenated alkanes) is 19. The van der Waals surface area contributed by atoms with E-state index in [1.165, 1.54) is 51.4 Å². The minimum atomic E-state index is -4.94. The van der Waals surface area contributed by atoms with Crippen molar-refractivity contribution in [3.8, 4) is 0 Å². The van der Waals surface area contributed by atoms with Crippen LogP contribution in [-0.2, 0) is 55.8 Å². The molecule has 520 valence electrons. The predicted molar refractivity (Wildman–Crippen MR) is 371 cm³/mol. The first-order valence-corrected chi connectivity index (χ1v) is 37.5. The molecule has 0 aliphatic carbocycles. The maximum absolute atomic E-state index is 12.9. The standard InChI is InChI=1S/C73H122O16P2/c1-4-7-10-13-16-19-22-25-27-29-30-31-32-33-34-35-36-38-40-42-44-47-50-53-56-59-71(76)83-62-68(74)63-85-90(79,80)86-64-69(75)65-87-91(81,82)88-67-70(89-73(78)61-58-55-52-49-46-41-24-21-18-15-12-9-6-3)66-84-72(77)60-57-54-51-48-45-43-39-37-28-26-23-20-17-14-11-8-5-2/h8,11-12,15-17,19-21,24-28,30-31,33-34,39,43,48,51,68-70,74-75H,4-7,9-10,13-14,18,22-23,29,32,35-38,40-42,44-47,49-50,52-67H2,1-3H3,(H,79,80)(H,81,82)/b11-8-,15-12-,19-16-,20-17-,24-21-,27-25-,28-26-,31-30-,34-33-,43-39-,51-48-. The van der Waals surface area contributed by atoms with Crippen LogP contribution in [0.3, 0.4) is 0 Å². The summed E-state index contributed by atoms with van der Waals surface area (Å²) >= 11 is 0. The van der Waals surface area contributed by atoms with Crippen LogP contribution in [0.15, 0.2) is 134 Å². The number of rotatable bonds is 64. The number of esters is 3. The van der Waals surface area contributed by atoms with Gasteiger partial charge in [0.15, 0.2) is 6.10 Å². The van der Waals surface area contributed by atoms with Gasteiger partial charge in [-0.05, 0) is 128 Å². The van der Waals surface area contributed by atoms with E-state index >= 15 is 0 Å². The van der Waals surface area contributed by atoms with Crippen LogP contribution in [0.4, 0.5) is 0 Å². The molecule has 0 fully saturated rings. The van der Waals surface area contributed by atoms with E-state index in [1.807, 2.05) is 12.2 Å². The smallest absolute Gasteiger partial charge is 0.463 e. The van der Waals surface area contributed by atoms with Crippen molar-refractivity contribution in [3.05, 3.63) is 134 Å². The van der Waals surface area contributed by atoms with Crippen molar-refractivity contribution in [2.24, 2.45) is 0 Å². The van der Waals surface area contributed by atoms with Crippen molar-refractivity contribution >= 4 is 33.6 Å². The zero-order valence-corrected chi connectivity index (χ0v) is 58.0. The van der Waals surface area contributed by atoms with Gasteiger partial charge in [0.25, 0.3) is 0 Å². The Morgan fingerprint density at radius 2 is 0.615 bits per heavy atom. The van der Waals surface area contributed by atoms with Gasteiger partial charge in [-0.3, -0.25) is 32.5 Å². The van der Waals surface area contributed by atoms with Crippen LogP contribution in [0, 0.1) is 0 Å². The van der Waals surface area contributed by atoms with E-state index < -0.39 is 91.5 Å². The van der Waals surface area contributed by atoms with Gasteiger partial charge >= 0.3 is 33.6 Å². The zero-order valence-electron chi connectivity index (χ0n) is 56.2. The minimum absolute atomic E-state index is 0.0720. The fourth-order valence-corrected chi connectivity index (χ4v) is 10.2. The topological polar surface area (TPSA) is 231 Å². The van der Waals surface area contributed by atoms with Gasteiger partial charge in [-0.2, -0.15) is 0 Å². The Balaban J connectivity index is 4.61. The van der Waals surface area contributed by atoms with Gasteiger partial charge in [0, 0.05) is 19.3 Å². The lowest BCUT2D eigenvalue weighted by molar-refractivity contribution is -0.161. The Labute approximate surface area is 550 Å². The van der Waals surface area contributed by atoms with Crippen LogP contribution in [0.2, 0.25) is 0 Å². The molecule has 0 aromatic carbocycles. The van der Waals surface area contributed by atoms with Crippen molar-refractivity contribution in [3.63, 3.8) is 0 Å². The highest BCUT2D eigenvalue weighted by Gasteiger charge is 2.29. The number of aliphatic hydroxyl groups is 2. The average Bonchev–Trinajstić information content (AvgIpc) is 3.75. The van der Waals surface area contributed by atoms with Crippen LogP contribution in [0.5, 0.6) is 0 Å². The second-order valence-electron chi connectivity index (χ2n) is 22.6. The van der Waals surface area contributed by atoms with E-state index in [1.54, 1.807) is 0 Å². The molecule has 0 bridgehead atoms. The second kappa shape index (κ2) is 65.7. The molecule has 0 spiro atoms. The van der Waals surface area contributed by atoms with Gasteiger partial charge in [-0.1, -0.05) is 238 Å². The van der Waals surface area contributed by atoms with E-state index in [0.29, 0.717) is 25.7 Å². The first-order chi connectivity index (χ1) is 44.2. The Bertz CT molecular complexity index is 2190. The molecule has 4 N–H and O–H groups in total. The lowest BCUT2D eigenvalue weighted by Gasteiger charge is -2.21. The zero-order chi connectivity index (χ0) is 66.7. The van der Waals surface area contributed by atoms with Crippen molar-refractivity contribution in [1.82, 2.24) is 0 Å². The number of carbonyl (C=O) groups excluding carboxylic acids is 3. The SMILES string of the molecule is CC/C=C\C/C=C\C/C=C\C/C=C\C/C=C\CCCC(=O)OCC(COP(=O)(O)OCC(O)COP(=O)(O)OCC(O)COC(=O)CCCCCCCCCCC/C=C\C/C=C\C/C=C\C/C=C\CCCCC)OC(=O)CCCCCCC/C=C\C/C=C\CCC. The first kappa shape index (κ1) is 86.7. The Hall–Kier alpha value is -4.31. The van der Waals surface area contributed by atoms with Gasteiger partial charge in [0.05, 0.1) is 26.4 Å². The van der Waals surface area contributed by atoms with E-state index in [2.05, 4.69) is 142 Å². The summed E-state index contributed by atoms with van der Waals surface area (Å²) in [5, 5.41) is 20.5. The molecule has 0 aromatic heterocycles. The van der Waals surface area contributed by atoms with E-state index in [0.717, 1.165) is 135 Å². The third kappa shape index (κ3) is 66.9. The van der Waals surface area contributed by atoms with Crippen molar-refractivity contribution < 1.29 is 75.8 Å². The molecule has 0 aliphatic heterocycles. The summed E-state index contributed by atoms with van der Waals surface area (Å²) in [5.74, 6) is -1.67. The highest BCUT2D eigenvalue weighted by molar-refractivity contribution is 7.47. The average molecular weight is 1320 g/mol. The summed E-state index contributed by atoms with van der Waals surface area (Å²) < 4.78 is 60.8. The van der Waals surface area contributed by atoms with Crippen LogP contribution in [-0.4, -0.2) is 95.9 Å². The number of hydrogen-bond donors (Lipinski definition) is 4. The lowest BCUT2D eigenvalue weighted by Crippen LogP contribution is -2.30. The van der Waals surface area contributed by atoms with Gasteiger partial charge in [0.2, 0.25) is 0 Å². The molecule has 0 saturated carbocycles. The fraction of sp³-hybridized carbons (Fsp3) is 0.658. The summed E-state index contributed by atoms with van der Waals surface area (Å²) in [5.41, 5.74) is 0. The number of phosphoric acid groups is 2. The molecule has 0 rings (SSSR count). The summed E-state index contributed by atoms with van der Waals surface area (Å²) in [6, 6.07) is 0. The molecule has 0 aliphatic rings. The number of allylic oxidation sites excluding steroid dienone is 22. The first-order valence-electron chi connectivity index (χ1n) is 34.5. The third-order valence-corrected chi connectivity index (χ3v) is 15.7. The Morgan fingerprint density at radius 3 is 1.01 bits per heavy atom. The number of carbonyl (C=O) groups is 3. The Morgan fingerprint density at radius 1 is 0.319 bits per heavy atom. The maximum Gasteiger partial charge on any atom is 0.472 e. The van der Waals surface area contributed by atoms with Crippen LogP contribution >= 0.6 is 15.6 Å². The summed E-state index contributed by atoms with van der Waals surface area (Å²) in [4.78, 5) is 58.3. The molecule has 0 saturated heterocycles. The molecule has 0 aromatic rings. The number of phosphoric ester groups is 2. The number of ether oxygens (including phenoxy) is 3. The molecule has 0 radical (unpaired) electrons. The molecule has 5 unspecified atom stereocenters. The normalized spacial score (nSPS) is 15.0. The van der Waals surface area contributed by atoms with Crippen LogP contribution in [0.25, 0.3) is 0 Å². The van der Waals surface area contributed by atoms with Gasteiger partial charge in [-0.15, -0.1) is 0 Å². The van der Waals surface area contributed by atoms with Gasteiger partial charge in [0.1, 0.15) is 25.4 Å². The predicted octanol–water partition coefficient (Wildman–Crippen LogP) is 19.2. The van der Waals surface area contributed by atoms with E-state index in [4.69, 9.17) is 32.3 Å². The summed E-state index contributed by atoms with van der Waals surface area (Å²) in [6.45, 7) is 2.35. The van der Waals surface area contributed by atoms with E-state index in [-0.39, 0.29) is 19.3 Å². The highest BCUT2D eigenvalue weighted by atomic mass is 31.2. The molecule has 5 atom stereocenters. The monoisotopic (exact) mass is 1320 g/mol. The molecule has 18 heteroatoms. The fourth-order valence-electron chi connectivity index (χ4n) is 8.57. The van der Waals surface area contributed by atoms with Gasteiger partial charge in [-0.25, -0.2) is 9.13 Å². The van der Waals surface area contributed by atoms with Crippen LogP contribution < -0.4 is 0 Å². The molecular formula is C73H122O16P2. The minimum Gasteiger partial charge on any atom is -0.463 e. The number of aliphatic hydroxyl groups excluding tert-OH is 2. The van der Waals surface area contributed by atoms with Crippen LogP contribution in [0.1, 0.15) is 252 Å². The molecule has 0 heterocycles. The van der Waals surface area contributed by atoms with Gasteiger partial charge < -0.3 is 34.2 Å². The molecular weight excluding hydrogens is 1190 g/mol. The van der Waals surface area contributed by atoms with Crippen molar-refractivity contribution in [2.75, 3.05) is 39.6 Å². The molecule has 0 amide bonds. The summed E-state index contributed by atoms with van der Waals surface area (Å²) in [6.07, 6.45) is 76.6. The lowest BCUT2D eigenvalue weighted by atomic mass is 10.1. The molecule has 91 heavy (non-hydrogen) atoms.